The molecule has 0 aliphatic heterocycles. The van der Waals surface area contributed by atoms with Gasteiger partial charge in [0.2, 0.25) is 0 Å². The van der Waals surface area contributed by atoms with Crippen molar-refractivity contribution in [3.05, 3.63) is 0 Å². The minimum absolute atomic E-state index is 0.0688. The van der Waals surface area contributed by atoms with Crippen LogP contribution in [0.25, 0.3) is 0 Å². The van der Waals surface area contributed by atoms with Crippen molar-refractivity contribution < 1.29 is 15.3 Å². The van der Waals surface area contributed by atoms with Crippen molar-refractivity contribution in [1.82, 2.24) is 0 Å². The average molecular weight is 322 g/mol. The Morgan fingerprint density at radius 3 is 2.39 bits per heavy atom. The fourth-order valence-electron chi connectivity index (χ4n) is 8.13. The summed E-state index contributed by atoms with van der Waals surface area (Å²) in [4.78, 5) is 0. The minimum atomic E-state index is -0.826. The van der Waals surface area contributed by atoms with E-state index >= 15 is 0 Å². The van der Waals surface area contributed by atoms with Gasteiger partial charge in [-0.1, -0.05) is 20.3 Å². The molecule has 0 unspecified atom stereocenters. The summed E-state index contributed by atoms with van der Waals surface area (Å²) in [5.41, 5.74) is -0.191. The van der Waals surface area contributed by atoms with Crippen LogP contribution in [0.5, 0.6) is 0 Å². The van der Waals surface area contributed by atoms with Crippen molar-refractivity contribution in [2.24, 2.45) is 34.0 Å². The summed E-state index contributed by atoms with van der Waals surface area (Å²) < 4.78 is 0. The molecule has 23 heavy (non-hydrogen) atoms. The van der Waals surface area contributed by atoms with Gasteiger partial charge in [0.1, 0.15) is 0 Å². The molecule has 0 aromatic heterocycles. The summed E-state index contributed by atoms with van der Waals surface area (Å²) in [5, 5.41) is 30.8. The molecular weight excluding hydrogens is 288 g/mol. The first-order chi connectivity index (χ1) is 10.8. The lowest BCUT2D eigenvalue weighted by Gasteiger charge is -2.64. The van der Waals surface area contributed by atoms with Crippen molar-refractivity contribution in [2.45, 2.75) is 77.2 Å². The van der Waals surface area contributed by atoms with Gasteiger partial charge in [0, 0.05) is 6.61 Å². The molecule has 0 heterocycles. The van der Waals surface area contributed by atoms with Gasteiger partial charge in [-0.15, -0.1) is 0 Å². The first-order valence-corrected chi connectivity index (χ1v) is 9.76. The summed E-state index contributed by atoms with van der Waals surface area (Å²) in [6.07, 6.45) is 10.3. The summed E-state index contributed by atoms with van der Waals surface area (Å²) in [6, 6.07) is 0. The lowest BCUT2D eigenvalue weighted by molar-refractivity contribution is -0.159. The SMILES string of the molecule is C[C@]1(CO)CCC[C@]2(C)[C@@H]1CC[C@@]13C[C@@H](CC[C@H]12)[C@@](O)(CO)C3. The van der Waals surface area contributed by atoms with Crippen LogP contribution in [0.15, 0.2) is 0 Å². The fraction of sp³-hybridized carbons (Fsp3) is 1.00. The highest BCUT2D eigenvalue weighted by Crippen LogP contribution is 2.72. The first kappa shape index (κ1) is 16.4. The van der Waals surface area contributed by atoms with Gasteiger partial charge < -0.3 is 15.3 Å². The van der Waals surface area contributed by atoms with Crippen LogP contribution in [0.4, 0.5) is 0 Å². The zero-order chi connectivity index (χ0) is 16.5. The number of hydrogen-bond donors (Lipinski definition) is 3. The van der Waals surface area contributed by atoms with E-state index in [1.165, 1.54) is 32.1 Å². The van der Waals surface area contributed by atoms with Crippen LogP contribution < -0.4 is 0 Å². The molecule has 0 saturated heterocycles. The van der Waals surface area contributed by atoms with E-state index in [0.29, 0.717) is 29.8 Å². The molecule has 4 saturated carbocycles. The second kappa shape index (κ2) is 4.95. The van der Waals surface area contributed by atoms with E-state index in [4.69, 9.17) is 0 Å². The second-order valence-electron chi connectivity index (χ2n) is 10.1. The van der Waals surface area contributed by atoms with Crippen LogP contribution in [0.2, 0.25) is 0 Å². The van der Waals surface area contributed by atoms with Crippen molar-refractivity contribution in [1.29, 1.82) is 0 Å². The molecule has 3 N–H and O–H groups in total. The van der Waals surface area contributed by atoms with E-state index < -0.39 is 5.60 Å². The zero-order valence-corrected chi connectivity index (χ0v) is 14.9. The third kappa shape index (κ3) is 1.99. The molecule has 3 nitrogen and oxygen atoms in total. The molecule has 4 aliphatic carbocycles. The number of rotatable bonds is 2. The van der Waals surface area contributed by atoms with Gasteiger partial charge in [0.25, 0.3) is 0 Å². The topological polar surface area (TPSA) is 60.7 Å². The van der Waals surface area contributed by atoms with Crippen LogP contribution >= 0.6 is 0 Å². The maximum Gasteiger partial charge on any atom is 0.0910 e. The third-order valence-electron chi connectivity index (χ3n) is 9.08. The van der Waals surface area contributed by atoms with Crippen LogP contribution in [-0.4, -0.2) is 34.1 Å². The Labute approximate surface area is 140 Å². The Morgan fingerprint density at radius 2 is 1.70 bits per heavy atom. The lowest BCUT2D eigenvalue weighted by Crippen LogP contribution is -2.57. The largest absolute Gasteiger partial charge is 0.396 e. The fourth-order valence-corrected chi connectivity index (χ4v) is 8.13. The van der Waals surface area contributed by atoms with Crippen LogP contribution in [0.1, 0.15) is 71.6 Å². The smallest absolute Gasteiger partial charge is 0.0910 e. The van der Waals surface area contributed by atoms with Crippen molar-refractivity contribution >= 4 is 0 Å². The van der Waals surface area contributed by atoms with E-state index in [2.05, 4.69) is 13.8 Å². The molecular formula is C20H34O3. The molecule has 1 spiro atoms. The van der Waals surface area contributed by atoms with Crippen molar-refractivity contribution in [3.63, 3.8) is 0 Å². The highest BCUT2D eigenvalue weighted by Gasteiger charge is 2.67. The summed E-state index contributed by atoms with van der Waals surface area (Å²) in [6.45, 7) is 5.04. The molecule has 4 rings (SSSR count). The van der Waals surface area contributed by atoms with Crippen LogP contribution in [0.3, 0.4) is 0 Å². The van der Waals surface area contributed by atoms with E-state index in [1.54, 1.807) is 0 Å². The van der Waals surface area contributed by atoms with Gasteiger partial charge >= 0.3 is 0 Å². The van der Waals surface area contributed by atoms with E-state index in [-0.39, 0.29) is 17.4 Å². The average Bonchev–Trinajstić information content (AvgIpc) is 2.74. The molecule has 4 fully saturated rings. The highest BCUT2D eigenvalue weighted by molar-refractivity contribution is 5.16. The molecule has 7 atom stereocenters. The van der Waals surface area contributed by atoms with Gasteiger partial charge in [-0.05, 0) is 85.4 Å². The Morgan fingerprint density at radius 1 is 0.913 bits per heavy atom. The van der Waals surface area contributed by atoms with Gasteiger partial charge in [0.15, 0.2) is 0 Å². The first-order valence-electron chi connectivity index (χ1n) is 9.76. The summed E-state index contributed by atoms with van der Waals surface area (Å²) in [5.74, 6) is 1.58. The number of aliphatic hydroxyl groups excluding tert-OH is 2. The van der Waals surface area contributed by atoms with Gasteiger partial charge in [-0.3, -0.25) is 0 Å². The molecule has 0 radical (unpaired) electrons. The molecule has 0 amide bonds. The molecule has 4 aliphatic rings. The van der Waals surface area contributed by atoms with Crippen molar-refractivity contribution in [2.75, 3.05) is 13.2 Å². The van der Waals surface area contributed by atoms with Crippen LogP contribution in [-0.2, 0) is 0 Å². The Bertz CT molecular complexity index is 493. The summed E-state index contributed by atoms with van der Waals surface area (Å²) in [7, 11) is 0. The number of aliphatic hydroxyl groups is 3. The minimum Gasteiger partial charge on any atom is -0.396 e. The second-order valence-corrected chi connectivity index (χ2v) is 10.1. The number of hydrogen-bond acceptors (Lipinski definition) is 3. The normalized spacial score (nSPS) is 58.6. The zero-order valence-electron chi connectivity index (χ0n) is 14.9. The highest BCUT2D eigenvalue weighted by atomic mass is 16.3. The Kier molecular flexibility index (Phi) is 3.52. The van der Waals surface area contributed by atoms with Crippen LogP contribution in [0, 0.1) is 34.0 Å². The molecule has 0 aromatic rings. The maximum atomic E-state index is 10.9. The van der Waals surface area contributed by atoms with Gasteiger partial charge in [-0.25, -0.2) is 0 Å². The third-order valence-corrected chi connectivity index (χ3v) is 9.08. The van der Waals surface area contributed by atoms with Crippen molar-refractivity contribution in [3.8, 4) is 0 Å². The van der Waals surface area contributed by atoms with Gasteiger partial charge in [-0.2, -0.15) is 0 Å². The van der Waals surface area contributed by atoms with E-state index in [0.717, 1.165) is 25.7 Å². The quantitative estimate of drug-likeness (QED) is 0.732. The molecule has 2 bridgehead atoms. The number of fused-ring (bicyclic) bond motifs is 3. The predicted molar refractivity (Wildman–Crippen MR) is 89.8 cm³/mol. The molecule has 132 valence electrons. The predicted octanol–water partition coefficient (Wildman–Crippen LogP) is 3.12. The van der Waals surface area contributed by atoms with Gasteiger partial charge in [0.05, 0.1) is 12.2 Å². The van der Waals surface area contributed by atoms with E-state index in [1.807, 2.05) is 0 Å². The van der Waals surface area contributed by atoms with E-state index in [9.17, 15) is 15.3 Å². The summed E-state index contributed by atoms with van der Waals surface area (Å²) >= 11 is 0. The molecule has 0 aromatic carbocycles. The maximum absolute atomic E-state index is 10.9. The molecule has 3 heteroatoms. The standard InChI is InChI=1S/C20H34O3/c1-17(12-21)7-3-8-18(2)15(17)6-9-19-10-14(4-5-16(18)19)20(23,11-19)13-22/h14-16,21-23H,3-13H2,1-2H3/t14-,15-,16+,17-,18-,19+,20+/m1/s1. The Balaban J connectivity index is 1.71. The monoisotopic (exact) mass is 322 g/mol. The lowest BCUT2D eigenvalue weighted by atomic mass is 9.41. The Hall–Kier alpha value is -0.120.